The van der Waals surface area contributed by atoms with E-state index in [0.717, 1.165) is 6.42 Å². The average molecular weight is 177 g/mol. The third-order valence-electron chi connectivity index (χ3n) is 1.33. The molecule has 0 saturated heterocycles. The van der Waals surface area contributed by atoms with Gasteiger partial charge in [0, 0.05) is 4.91 Å². The second kappa shape index (κ2) is 4.51. The van der Waals surface area contributed by atoms with Gasteiger partial charge in [0.1, 0.15) is 10.1 Å². The van der Waals surface area contributed by atoms with Crippen LogP contribution in [0.25, 0.3) is 0 Å². The summed E-state index contributed by atoms with van der Waals surface area (Å²) in [5.41, 5.74) is 0. The van der Waals surface area contributed by atoms with Gasteiger partial charge in [0.25, 0.3) is 0 Å². The molecule has 0 fully saturated rings. The quantitative estimate of drug-likeness (QED) is 0.613. The molecule has 0 N–H and O–H groups in total. The van der Waals surface area contributed by atoms with Crippen LogP contribution in [0.3, 0.4) is 0 Å². The van der Waals surface area contributed by atoms with Crippen molar-refractivity contribution in [3.8, 4) is 0 Å². The van der Waals surface area contributed by atoms with Gasteiger partial charge in [-0.2, -0.15) is 0 Å². The van der Waals surface area contributed by atoms with Crippen molar-refractivity contribution < 1.29 is 13.0 Å². The summed E-state index contributed by atoms with van der Waals surface area (Å²) in [5, 5.41) is 0. The minimum absolute atomic E-state index is 0.0133. The molecule has 3 nitrogen and oxygen atoms in total. The Bertz CT molecular complexity index is 226. The molecule has 0 unspecified atom stereocenters. The Morgan fingerprint density at radius 1 is 1.45 bits per heavy atom. The first kappa shape index (κ1) is 10.7. The van der Waals surface area contributed by atoms with E-state index >= 15 is 0 Å². The van der Waals surface area contributed by atoms with E-state index in [2.05, 4.69) is 0 Å². The van der Waals surface area contributed by atoms with Crippen LogP contribution in [0.2, 0.25) is 0 Å². The van der Waals surface area contributed by atoms with Crippen molar-refractivity contribution in [2.24, 2.45) is 0 Å². The minimum Gasteiger partial charge on any atom is -0.744 e. The van der Waals surface area contributed by atoms with Crippen LogP contribution < -0.4 is 0 Å². The largest absolute Gasteiger partial charge is 0.744 e. The Kier molecular flexibility index (Phi) is 4.37. The van der Waals surface area contributed by atoms with E-state index < -0.39 is 10.1 Å². The molecular formula is C7H13O3S-. The highest BCUT2D eigenvalue weighted by molar-refractivity contribution is 7.89. The number of unbranched alkanes of at least 4 members (excludes halogenated alkanes) is 1. The van der Waals surface area contributed by atoms with Crippen LogP contribution in [-0.2, 0) is 10.1 Å². The van der Waals surface area contributed by atoms with Gasteiger partial charge < -0.3 is 4.55 Å². The molecule has 0 heterocycles. The first-order valence-corrected chi connectivity index (χ1v) is 5.08. The summed E-state index contributed by atoms with van der Waals surface area (Å²) < 4.78 is 31.3. The zero-order valence-electron chi connectivity index (χ0n) is 6.83. The molecule has 0 rings (SSSR count). The standard InChI is InChI=1S/C7H14O3S/c1-3-5-6-7(4-2)11(8,9)10/h6H,3-5H2,1-2H3,(H,8,9,10)/p-1/b7-6-. The lowest BCUT2D eigenvalue weighted by molar-refractivity contribution is 0.469. The zero-order valence-corrected chi connectivity index (χ0v) is 7.65. The Balaban J connectivity index is 4.42. The van der Waals surface area contributed by atoms with Crippen LogP contribution in [0.5, 0.6) is 0 Å². The Morgan fingerprint density at radius 2 is 2.00 bits per heavy atom. The second-order valence-electron chi connectivity index (χ2n) is 2.27. The fourth-order valence-corrected chi connectivity index (χ4v) is 1.40. The van der Waals surface area contributed by atoms with Gasteiger partial charge >= 0.3 is 0 Å². The molecule has 11 heavy (non-hydrogen) atoms. The Morgan fingerprint density at radius 3 is 2.27 bits per heavy atom. The maximum atomic E-state index is 10.4. The summed E-state index contributed by atoms with van der Waals surface area (Å²) in [6.07, 6.45) is 3.32. The van der Waals surface area contributed by atoms with E-state index in [-0.39, 0.29) is 4.91 Å². The number of hydrogen-bond acceptors (Lipinski definition) is 3. The lowest BCUT2D eigenvalue weighted by Crippen LogP contribution is -2.00. The smallest absolute Gasteiger partial charge is 0.120 e. The molecule has 0 amide bonds. The van der Waals surface area contributed by atoms with E-state index in [4.69, 9.17) is 0 Å². The molecule has 0 aliphatic heterocycles. The predicted octanol–water partition coefficient (Wildman–Crippen LogP) is 1.63. The van der Waals surface area contributed by atoms with Crippen molar-refractivity contribution in [2.45, 2.75) is 33.1 Å². The van der Waals surface area contributed by atoms with Crippen LogP contribution in [0.1, 0.15) is 33.1 Å². The van der Waals surface area contributed by atoms with Gasteiger partial charge in [0.15, 0.2) is 0 Å². The highest BCUT2D eigenvalue weighted by Crippen LogP contribution is 2.09. The highest BCUT2D eigenvalue weighted by Gasteiger charge is 2.00. The summed E-state index contributed by atoms with van der Waals surface area (Å²) in [6, 6.07) is 0. The van der Waals surface area contributed by atoms with Crippen molar-refractivity contribution in [1.29, 1.82) is 0 Å². The number of hydrogen-bond donors (Lipinski definition) is 0. The molecule has 0 aromatic carbocycles. The van der Waals surface area contributed by atoms with Crippen molar-refractivity contribution in [1.82, 2.24) is 0 Å². The second-order valence-corrected chi connectivity index (χ2v) is 3.70. The van der Waals surface area contributed by atoms with Crippen LogP contribution in [0.15, 0.2) is 11.0 Å². The van der Waals surface area contributed by atoms with Crippen LogP contribution in [0.4, 0.5) is 0 Å². The number of rotatable bonds is 4. The van der Waals surface area contributed by atoms with E-state index in [1.54, 1.807) is 6.92 Å². The summed E-state index contributed by atoms with van der Waals surface area (Å²) in [6.45, 7) is 3.60. The molecule has 66 valence electrons. The molecule has 0 bridgehead atoms. The van der Waals surface area contributed by atoms with Gasteiger partial charge in [-0.05, 0) is 12.8 Å². The van der Waals surface area contributed by atoms with Crippen LogP contribution >= 0.6 is 0 Å². The lowest BCUT2D eigenvalue weighted by atomic mass is 10.3. The van der Waals surface area contributed by atoms with Crippen molar-refractivity contribution in [3.05, 3.63) is 11.0 Å². The van der Waals surface area contributed by atoms with Gasteiger partial charge in [0.2, 0.25) is 0 Å². The average Bonchev–Trinajstić information content (AvgIpc) is 1.87. The van der Waals surface area contributed by atoms with E-state index in [1.165, 1.54) is 6.08 Å². The van der Waals surface area contributed by atoms with Crippen molar-refractivity contribution in [2.75, 3.05) is 0 Å². The zero-order chi connectivity index (χ0) is 8.91. The molecule has 0 atom stereocenters. The third kappa shape index (κ3) is 4.16. The minimum atomic E-state index is -4.18. The molecule has 0 aliphatic carbocycles. The normalized spacial score (nSPS) is 13.5. The maximum Gasteiger partial charge on any atom is 0.120 e. The first-order chi connectivity index (χ1) is 5.02. The van der Waals surface area contributed by atoms with Gasteiger partial charge in [-0.1, -0.05) is 26.3 Å². The molecule has 0 radical (unpaired) electrons. The monoisotopic (exact) mass is 177 g/mol. The first-order valence-electron chi connectivity index (χ1n) is 3.67. The molecule has 0 aromatic rings. The molecular weight excluding hydrogens is 164 g/mol. The van der Waals surface area contributed by atoms with E-state index in [1.807, 2.05) is 6.92 Å². The SMILES string of the molecule is CCC/C=C(/CC)S(=O)(=O)[O-]. The van der Waals surface area contributed by atoms with Gasteiger partial charge in [-0.25, -0.2) is 8.42 Å². The predicted molar refractivity (Wildman–Crippen MR) is 43.0 cm³/mol. The molecule has 0 spiro atoms. The fraction of sp³-hybridized carbons (Fsp3) is 0.714. The van der Waals surface area contributed by atoms with Crippen molar-refractivity contribution in [3.63, 3.8) is 0 Å². The fourth-order valence-electron chi connectivity index (χ4n) is 0.729. The lowest BCUT2D eigenvalue weighted by Gasteiger charge is -2.08. The molecule has 0 aromatic heterocycles. The van der Waals surface area contributed by atoms with Crippen LogP contribution in [-0.4, -0.2) is 13.0 Å². The highest BCUT2D eigenvalue weighted by atomic mass is 32.2. The van der Waals surface area contributed by atoms with Gasteiger partial charge in [0.05, 0.1) is 0 Å². The third-order valence-corrected chi connectivity index (χ3v) is 2.43. The van der Waals surface area contributed by atoms with Crippen molar-refractivity contribution >= 4 is 10.1 Å². The molecule has 0 aliphatic rings. The summed E-state index contributed by atoms with van der Waals surface area (Å²) >= 11 is 0. The molecule has 0 saturated carbocycles. The van der Waals surface area contributed by atoms with E-state index in [0.29, 0.717) is 12.8 Å². The van der Waals surface area contributed by atoms with Gasteiger partial charge in [-0.15, -0.1) is 0 Å². The molecule has 4 heteroatoms. The Hall–Kier alpha value is -0.350. The maximum absolute atomic E-state index is 10.4. The number of allylic oxidation sites excluding steroid dienone is 2. The topological polar surface area (TPSA) is 57.2 Å². The van der Waals surface area contributed by atoms with E-state index in [9.17, 15) is 13.0 Å². The van der Waals surface area contributed by atoms with Crippen LogP contribution in [0, 0.1) is 0 Å². The summed E-state index contributed by atoms with van der Waals surface area (Å²) in [4.78, 5) is 0.0133. The van der Waals surface area contributed by atoms with Gasteiger partial charge in [-0.3, -0.25) is 0 Å². The summed E-state index contributed by atoms with van der Waals surface area (Å²) in [5.74, 6) is 0. The summed E-state index contributed by atoms with van der Waals surface area (Å²) in [7, 11) is -4.18. The Labute approximate surface area is 67.9 Å².